The Morgan fingerprint density at radius 3 is 2.27 bits per heavy atom. The van der Waals surface area contributed by atoms with Crippen LogP contribution in [0.5, 0.6) is 0 Å². The lowest BCUT2D eigenvalue weighted by molar-refractivity contribution is 0.104. The van der Waals surface area contributed by atoms with E-state index in [4.69, 9.17) is 0 Å². The topological polar surface area (TPSA) is 45.8 Å². The molecule has 0 aliphatic carbocycles. The zero-order valence-electron chi connectivity index (χ0n) is 15.2. The number of hydrogen-bond acceptors (Lipinski definition) is 2. The van der Waals surface area contributed by atoms with Crippen LogP contribution >= 0.6 is 0 Å². The number of allylic oxidation sites excluding steroid dienone is 1. The zero-order chi connectivity index (χ0) is 18.7. The molecule has 0 saturated heterocycles. The summed E-state index contributed by atoms with van der Waals surface area (Å²) < 4.78 is 2.13. The molecule has 0 N–H and O–H groups in total. The maximum atomic E-state index is 12.6. The lowest BCUT2D eigenvalue weighted by Crippen LogP contribution is -2.02. The third-order valence-corrected chi connectivity index (χ3v) is 4.46. The molecule has 2 aromatic carbocycles. The van der Waals surface area contributed by atoms with E-state index in [0.717, 1.165) is 22.6 Å². The van der Waals surface area contributed by atoms with Crippen LogP contribution < -0.4 is 0 Å². The van der Waals surface area contributed by atoms with Crippen molar-refractivity contribution in [3.63, 3.8) is 0 Å². The highest BCUT2D eigenvalue weighted by Crippen LogP contribution is 2.24. The molecule has 3 heteroatoms. The van der Waals surface area contributed by atoms with Gasteiger partial charge in [0.1, 0.15) is 11.6 Å². The fourth-order valence-corrected chi connectivity index (χ4v) is 3.07. The predicted molar refractivity (Wildman–Crippen MR) is 104 cm³/mol. The molecule has 0 amide bonds. The molecule has 0 aliphatic heterocycles. The summed E-state index contributed by atoms with van der Waals surface area (Å²) in [4.78, 5) is 12.6. The maximum absolute atomic E-state index is 12.6. The smallest absolute Gasteiger partial charge is 0.203 e. The number of Topliss-reactive ketones (excluding diaryl/α,β-unsaturated/α-hetero) is 1. The number of aryl methyl sites for hydroxylation is 2. The SMILES string of the molecule is Cc1ccc(-n2c(C)cc(/C=C(\C#N)C(=O)c3ccccc3)c2C)cc1. The standard InChI is InChI=1S/C23H20N2O/c1-16-9-11-22(12-10-16)25-17(2)13-20(18(25)3)14-21(15-24)23(26)19-7-5-4-6-8-19/h4-14H,1-3H3/b21-14+. The summed E-state index contributed by atoms with van der Waals surface area (Å²) >= 11 is 0. The summed E-state index contributed by atoms with van der Waals surface area (Å²) in [6, 6.07) is 21.2. The lowest BCUT2D eigenvalue weighted by atomic mass is 10.0. The van der Waals surface area contributed by atoms with E-state index in [1.807, 2.05) is 26.0 Å². The third kappa shape index (κ3) is 3.36. The van der Waals surface area contributed by atoms with E-state index in [-0.39, 0.29) is 11.4 Å². The van der Waals surface area contributed by atoms with Gasteiger partial charge in [-0.1, -0.05) is 48.0 Å². The highest BCUT2D eigenvalue weighted by molar-refractivity contribution is 6.14. The largest absolute Gasteiger partial charge is 0.318 e. The van der Waals surface area contributed by atoms with Gasteiger partial charge >= 0.3 is 0 Å². The molecule has 1 heterocycles. The van der Waals surface area contributed by atoms with Crippen LogP contribution in [0, 0.1) is 32.1 Å². The molecular weight excluding hydrogens is 320 g/mol. The highest BCUT2D eigenvalue weighted by atomic mass is 16.1. The van der Waals surface area contributed by atoms with Crippen LogP contribution in [0.1, 0.15) is 32.9 Å². The molecule has 26 heavy (non-hydrogen) atoms. The summed E-state index contributed by atoms with van der Waals surface area (Å²) in [7, 11) is 0. The highest BCUT2D eigenvalue weighted by Gasteiger charge is 2.15. The van der Waals surface area contributed by atoms with Gasteiger partial charge in [0, 0.05) is 22.6 Å². The van der Waals surface area contributed by atoms with Crippen LogP contribution in [-0.2, 0) is 0 Å². The predicted octanol–water partition coefficient (Wildman–Crippen LogP) is 5.19. The Balaban J connectivity index is 2.03. The van der Waals surface area contributed by atoms with Gasteiger partial charge in [-0.15, -0.1) is 0 Å². The van der Waals surface area contributed by atoms with Gasteiger partial charge in [0.2, 0.25) is 5.78 Å². The van der Waals surface area contributed by atoms with E-state index >= 15 is 0 Å². The molecule has 3 nitrogen and oxygen atoms in total. The van der Waals surface area contributed by atoms with Crippen molar-refractivity contribution < 1.29 is 4.79 Å². The van der Waals surface area contributed by atoms with E-state index < -0.39 is 0 Å². The van der Waals surface area contributed by atoms with E-state index in [1.54, 1.807) is 30.3 Å². The zero-order valence-corrected chi connectivity index (χ0v) is 15.2. The van der Waals surface area contributed by atoms with Crippen LogP contribution in [0.15, 0.2) is 66.2 Å². The van der Waals surface area contributed by atoms with E-state index in [1.165, 1.54) is 5.56 Å². The van der Waals surface area contributed by atoms with Crippen LogP contribution in [0.2, 0.25) is 0 Å². The van der Waals surface area contributed by atoms with Crippen molar-refractivity contribution in [1.29, 1.82) is 5.26 Å². The van der Waals surface area contributed by atoms with Gasteiger partial charge in [-0.25, -0.2) is 0 Å². The molecule has 0 saturated carbocycles. The second-order valence-corrected chi connectivity index (χ2v) is 6.36. The number of carbonyl (C=O) groups is 1. The summed E-state index contributed by atoms with van der Waals surface area (Å²) in [5, 5.41) is 9.49. The molecule has 0 radical (unpaired) electrons. The minimum atomic E-state index is -0.256. The molecule has 3 rings (SSSR count). The molecule has 0 atom stereocenters. The molecule has 0 fully saturated rings. The van der Waals surface area contributed by atoms with Gasteiger partial charge in [-0.05, 0) is 50.6 Å². The minimum Gasteiger partial charge on any atom is -0.318 e. The third-order valence-electron chi connectivity index (χ3n) is 4.46. The summed E-state index contributed by atoms with van der Waals surface area (Å²) in [6.07, 6.45) is 1.68. The molecule has 0 spiro atoms. The van der Waals surface area contributed by atoms with E-state index in [9.17, 15) is 10.1 Å². The summed E-state index contributed by atoms with van der Waals surface area (Å²) in [5.74, 6) is -0.256. The number of rotatable bonds is 4. The van der Waals surface area contributed by atoms with Crippen molar-refractivity contribution in [2.75, 3.05) is 0 Å². The monoisotopic (exact) mass is 340 g/mol. The molecule has 0 aliphatic rings. The van der Waals surface area contributed by atoms with Gasteiger partial charge in [-0.3, -0.25) is 4.79 Å². The van der Waals surface area contributed by atoms with Crippen LogP contribution in [0.4, 0.5) is 0 Å². The number of carbonyl (C=O) groups excluding carboxylic acids is 1. The number of nitrogens with zero attached hydrogens (tertiary/aromatic N) is 2. The second-order valence-electron chi connectivity index (χ2n) is 6.36. The number of nitriles is 1. The van der Waals surface area contributed by atoms with Gasteiger partial charge in [0.05, 0.1) is 0 Å². The molecule has 0 bridgehead atoms. The van der Waals surface area contributed by atoms with Crippen molar-refractivity contribution in [3.05, 3.63) is 94.3 Å². The fourth-order valence-electron chi connectivity index (χ4n) is 3.07. The van der Waals surface area contributed by atoms with Gasteiger partial charge in [0.25, 0.3) is 0 Å². The van der Waals surface area contributed by atoms with E-state index in [2.05, 4.69) is 41.8 Å². The molecule has 1 aromatic heterocycles. The van der Waals surface area contributed by atoms with Crippen molar-refractivity contribution >= 4 is 11.9 Å². The molecular formula is C23H20N2O. The summed E-state index contributed by atoms with van der Waals surface area (Å²) in [5.41, 5.74) is 5.87. The average molecular weight is 340 g/mol. The quantitative estimate of drug-likeness (QED) is 0.372. The Morgan fingerprint density at radius 1 is 1.00 bits per heavy atom. The number of aromatic nitrogens is 1. The Labute approximate surface area is 153 Å². The van der Waals surface area contributed by atoms with Gasteiger partial charge < -0.3 is 4.57 Å². The molecule has 128 valence electrons. The van der Waals surface area contributed by atoms with Crippen LogP contribution in [-0.4, -0.2) is 10.4 Å². The van der Waals surface area contributed by atoms with Crippen LogP contribution in [0.3, 0.4) is 0 Å². The first kappa shape index (κ1) is 17.4. The minimum absolute atomic E-state index is 0.139. The van der Waals surface area contributed by atoms with Crippen molar-refractivity contribution in [3.8, 4) is 11.8 Å². The van der Waals surface area contributed by atoms with E-state index in [0.29, 0.717) is 5.56 Å². The Bertz CT molecular complexity index is 1020. The van der Waals surface area contributed by atoms with Crippen molar-refractivity contribution in [1.82, 2.24) is 4.57 Å². The first-order valence-corrected chi connectivity index (χ1v) is 8.49. The van der Waals surface area contributed by atoms with Crippen molar-refractivity contribution in [2.24, 2.45) is 0 Å². The van der Waals surface area contributed by atoms with Gasteiger partial charge in [0.15, 0.2) is 0 Å². The number of ketones is 1. The first-order valence-electron chi connectivity index (χ1n) is 8.49. The normalized spacial score (nSPS) is 11.2. The van der Waals surface area contributed by atoms with Crippen molar-refractivity contribution in [2.45, 2.75) is 20.8 Å². The summed E-state index contributed by atoms with van der Waals surface area (Å²) in [6.45, 7) is 6.08. The molecule has 3 aromatic rings. The van der Waals surface area contributed by atoms with Crippen LogP contribution in [0.25, 0.3) is 11.8 Å². The first-order chi connectivity index (χ1) is 12.5. The number of hydrogen-bond donors (Lipinski definition) is 0. The molecule has 0 unspecified atom stereocenters. The second kappa shape index (κ2) is 7.25. The Morgan fingerprint density at radius 2 is 1.65 bits per heavy atom. The Hall–Kier alpha value is -3.38. The number of benzene rings is 2. The fraction of sp³-hybridized carbons (Fsp3) is 0.130. The maximum Gasteiger partial charge on any atom is 0.203 e. The lowest BCUT2D eigenvalue weighted by Gasteiger charge is -2.10. The Kier molecular flexibility index (Phi) is 4.86. The average Bonchev–Trinajstić information content (AvgIpc) is 2.94. The van der Waals surface area contributed by atoms with Gasteiger partial charge in [-0.2, -0.15) is 5.26 Å².